The van der Waals surface area contributed by atoms with Crippen LogP contribution >= 0.6 is 90.4 Å². The maximum absolute atomic E-state index is 13.1. The largest absolute Gasteiger partial charge is 0.497 e. The third-order valence-electron chi connectivity index (χ3n) is 6.15. The SMILES string of the molecule is COc1ccc2cc([C@H](C)C(=O)Oc3c(I)cc(Oc4c(I)cc(C[C@H](N)C(=O)O)cc4I)cc3I)ccc2c1. The van der Waals surface area contributed by atoms with Crippen LogP contribution in [-0.4, -0.2) is 30.2 Å². The molecule has 0 fully saturated rings. The number of fused-ring (bicyclic) bond motifs is 1. The minimum absolute atomic E-state index is 0.226. The van der Waals surface area contributed by atoms with E-state index in [0.29, 0.717) is 17.2 Å². The van der Waals surface area contributed by atoms with Crippen LogP contribution in [0.4, 0.5) is 0 Å². The van der Waals surface area contributed by atoms with Gasteiger partial charge < -0.3 is 25.1 Å². The van der Waals surface area contributed by atoms with E-state index < -0.39 is 17.9 Å². The second-order valence-corrected chi connectivity index (χ2v) is 13.6. The number of nitrogens with two attached hydrogens (primary N) is 1. The molecule has 0 amide bonds. The third kappa shape index (κ3) is 7.49. The summed E-state index contributed by atoms with van der Waals surface area (Å²) in [6.45, 7) is 1.83. The predicted molar refractivity (Wildman–Crippen MR) is 188 cm³/mol. The molecular weight excluding hydrogens is 966 g/mol. The third-order valence-corrected chi connectivity index (χ3v) is 9.36. The van der Waals surface area contributed by atoms with E-state index >= 15 is 0 Å². The maximum atomic E-state index is 13.1. The van der Waals surface area contributed by atoms with Crippen molar-refractivity contribution < 1.29 is 28.9 Å². The second kappa shape index (κ2) is 13.7. The van der Waals surface area contributed by atoms with Crippen LogP contribution in [0.3, 0.4) is 0 Å². The molecule has 0 saturated heterocycles. The number of hydrogen-bond donors (Lipinski definition) is 2. The van der Waals surface area contributed by atoms with Gasteiger partial charge in [-0.15, -0.1) is 0 Å². The first-order valence-corrected chi connectivity index (χ1v) is 16.2. The number of ether oxygens (including phenoxy) is 3. The topological polar surface area (TPSA) is 108 Å². The van der Waals surface area contributed by atoms with Gasteiger partial charge in [-0.1, -0.05) is 24.3 Å². The number of methoxy groups -OCH3 is 1. The summed E-state index contributed by atoms with van der Waals surface area (Å²) in [5, 5.41) is 11.2. The van der Waals surface area contributed by atoms with E-state index in [9.17, 15) is 9.59 Å². The van der Waals surface area contributed by atoms with Gasteiger partial charge in [0.2, 0.25) is 0 Å². The zero-order valence-corrected chi connectivity index (χ0v) is 29.8. The number of esters is 1. The summed E-state index contributed by atoms with van der Waals surface area (Å²) < 4.78 is 20.5. The first kappa shape index (κ1) is 31.5. The highest BCUT2D eigenvalue weighted by molar-refractivity contribution is 14.1. The van der Waals surface area contributed by atoms with E-state index in [1.807, 2.05) is 67.6 Å². The van der Waals surface area contributed by atoms with Crippen LogP contribution in [0.25, 0.3) is 10.8 Å². The van der Waals surface area contributed by atoms with Crippen LogP contribution in [-0.2, 0) is 16.0 Å². The van der Waals surface area contributed by atoms with E-state index in [4.69, 9.17) is 25.1 Å². The Labute approximate surface area is 286 Å². The lowest BCUT2D eigenvalue weighted by Crippen LogP contribution is -2.32. The summed E-state index contributed by atoms with van der Waals surface area (Å²) >= 11 is 8.61. The molecule has 0 aliphatic heterocycles. The van der Waals surface area contributed by atoms with Crippen molar-refractivity contribution >= 4 is 113 Å². The first-order valence-electron chi connectivity index (χ1n) is 11.9. The molecule has 208 valence electrons. The number of carboxylic acids is 1. The molecule has 0 bridgehead atoms. The Morgan fingerprint density at radius 1 is 0.825 bits per heavy atom. The van der Waals surface area contributed by atoms with Crippen LogP contribution < -0.4 is 19.9 Å². The van der Waals surface area contributed by atoms with Gasteiger partial charge in [-0.3, -0.25) is 9.59 Å². The summed E-state index contributed by atoms with van der Waals surface area (Å²) in [5.41, 5.74) is 7.39. The minimum Gasteiger partial charge on any atom is -0.497 e. The van der Waals surface area contributed by atoms with Crippen molar-refractivity contribution in [3.8, 4) is 23.0 Å². The molecule has 0 aliphatic carbocycles. The predicted octanol–water partition coefficient (Wildman–Crippen LogP) is 7.72. The molecule has 2 atom stereocenters. The van der Waals surface area contributed by atoms with Crippen LogP contribution in [0.1, 0.15) is 24.0 Å². The average Bonchev–Trinajstić information content (AvgIpc) is 2.91. The fourth-order valence-electron chi connectivity index (χ4n) is 3.94. The molecule has 0 aromatic heterocycles. The molecule has 0 saturated carbocycles. The Kier molecular flexibility index (Phi) is 10.8. The van der Waals surface area contributed by atoms with Crippen molar-refractivity contribution in [2.24, 2.45) is 5.73 Å². The number of carbonyl (C=O) groups excluding carboxylic acids is 1. The molecule has 7 nitrogen and oxygen atoms in total. The van der Waals surface area contributed by atoms with Gasteiger partial charge in [0.15, 0.2) is 11.5 Å². The molecule has 0 unspecified atom stereocenters. The Bertz CT molecular complexity index is 1560. The Hall–Kier alpha value is -1.44. The lowest BCUT2D eigenvalue weighted by atomic mass is 9.98. The van der Waals surface area contributed by atoms with Crippen molar-refractivity contribution in [3.05, 3.63) is 86.1 Å². The lowest BCUT2D eigenvalue weighted by molar-refractivity contribution is -0.138. The standard InChI is InChI=1S/C29H23I4NO6/c1-14(16-3-4-18-11-19(38-2)6-5-17(18)10-16)29(37)40-27-23(32)12-20(13-24(27)33)39-26-21(30)7-15(8-22(26)31)9-25(34)28(35)36/h3-8,10-14,25H,9,34H2,1-2H3,(H,35,36)/t14-,25-/m0/s1. The molecule has 0 heterocycles. The van der Waals surface area contributed by atoms with Crippen molar-refractivity contribution in [2.45, 2.75) is 25.3 Å². The van der Waals surface area contributed by atoms with Crippen LogP contribution in [0.2, 0.25) is 0 Å². The van der Waals surface area contributed by atoms with Crippen molar-refractivity contribution in [1.82, 2.24) is 0 Å². The van der Waals surface area contributed by atoms with Gasteiger partial charge in [-0.25, -0.2) is 0 Å². The Morgan fingerprint density at radius 2 is 1.40 bits per heavy atom. The van der Waals surface area contributed by atoms with Crippen LogP contribution in [0.15, 0.2) is 60.7 Å². The number of carbonyl (C=O) groups is 2. The lowest BCUT2D eigenvalue weighted by Gasteiger charge is -2.17. The second-order valence-electron chi connectivity index (χ2n) is 8.97. The van der Waals surface area contributed by atoms with Crippen molar-refractivity contribution in [1.29, 1.82) is 0 Å². The maximum Gasteiger partial charge on any atom is 0.320 e. The smallest absolute Gasteiger partial charge is 0.320 e. The van der Waals surface area contributed by atoms with Crippen LogP contribution in [0.5, 0.6) is 23.0 Å². The fourth-order valence-corrected chi connectivity index (χ4v) is 7.99. The minimum atomic E-state index is -1.04. The van der Waals surface area contributed by atoms with Crippen molar-refractivity contribution in [2.75, 3.05) is 7.11 Å². The van der Waals surface area contributed by atoms with E-state index in [-0.39, 0.29) is 12.4 Å². The van der Waals surface area contributed by atoms with E-state index in [0.717, 1.165) is 41.9 Å². The molecule has 3 N–H and O–H groups in total. The van der Waals surface area contributed by atoms with E-state index in [1.165, 1.54) is 0 Å². The van der Waals surface area contributed by atoms with Gasteiger partial charge in [-0.05, 0) is 162 Å². The molecule has 4 aromatic rings. The number of hydrogen-bond acceptors (Lipinski definition) is 6. The quantitative estimate of drug-likeness (QED) is 0.101. The molecule has 11 heteroatoms. The molecule has 0 spiro atoms. The van der Waals surface area contributed by atoms with E-state index in [2.05, 4.69) is 90.4 Å². The number of aliphatic carboxylic acids is 1. The highest BCUT2D eigenvalue weighted by Crippen LogP contribution is 2.38. The van der Waals surface area contributed by atoms with Gasteiger partial charge in [0.25, 0.3) is 0 Å². The normalized spacial score (nSPS) is 12.6. The number of halogens is 4. The van der Waals surface area contributed by atoms with Gasteiger partial charge >= 0.3 is 11.9 Å². The molecular formula is C29H23I4NO6. The highest BCUT2D eigenvalue weighted by Gasteiger charge is 2.22. The zero-order chi connectivity index (χ0) is 29.1. The summed E-state index contributed by atoms with van der Waals surface area (Å²) in [5.74, 6) is 0.666. The first-order chi connectivity index (χ1) is 19.0. The van der Waals surface area contributed by atoms with Gasteiger partial charge in [-0.2, -0.15) is 0 Å². The van der Waals surface area contributed by atoms with Gasteiger partial charge in [0.1, 0.15) is 17.5 Å². The number of benzene rings is 4. The summed E-state index contributed by atoms with van der Waals surface area (Å²) in [4.78, 5) is 24.3. The highest BCUT2D eigenvalue weighted by atomic mass is 127. The monoisotopic (exact) mass is 989 g/mol. The number of carboxylic acid groups (broad SMARTS) is 1. The molecule has 0 radical (unpaired) electrons. The van der Waals surface area contributed by atoms with E-state index in [1.54, 1.807) is 7.11 Å². The number of rotatable bonds is 9. The fraction of sp³-hybridized carbons (Fsp3) is 0.172. The average molecular weight is 989 g/mol. The zero-order valence-electron chi connectivity index (χ0n) is 21.2. The van der Waals surface area contributed by atoms with Crippen LogP contribution in [0, 0.1) is 14.3 Å². The summed E-state index contributed by atoms with van der Waals surface area (Å²) in [6, 6.07) is 18.2. The van der Waals surface area contributed by atoms with Crippen molar-refractivity contribution in [3.63, 3.8) is 0 Å². The molecule has 4 aromatic carbocycles. The molecule has 40 heavy (non-hydrogen) atoms. The molecule has 0 aliphatic rings. The summed E-state index contributed by atoms with van der Waals surface area (Å²) in [6.07, 6.45) is 0.226. The van der Waals surface area contributed by atoms with Gasteiger partial charge in [0.05, 0.1) is 27.3 Å². The summed E-state index contributed by atoms with van der Waals surface area (Å²) in [7, 11) is 1.64. The van der Waals surface area contributed by atoms with Gasteiger partial charge in [0, 0.05) is 0 Å². The Morgan fingerprint density at radius 3 is 2.00 bits per heavy atom. The molecule has 4 rings (SSSR count). The Balaban J connectivity index is 1.50.